The number of hydrogen-bond donors (Lipinski definition) is 1. The number of halogens is 8. The molecule has 1 aromatic heterocycles. The van der Waals surface area contributed by atoms with Crippen LogP contribution in [0.15, 0.2) is 18.3 Å². The van der Waals surface area contributed by atoms with Crippen LogP contribution in [0.2, 0.25) is 10.0 Å². The molecular formula is C11H5Cl2F6N3. The van der Waals surface area contributed by atoms with Gasteiger partial charge < -0.3 is 5.73 Å². The van der Waals surface area contributed by atoms with Crippen LogP contribution in [0.4, 0.5) is 32.0 Å². The van der Waals surface area contributed by atoms with Crippen LogP contribution < -0.4 is 5.73 Å². The van der Waals surface area contributed by atoms with Gasteiger partial charge in [-0.1, -0.05) is 23.2 Å². The van der Waals surface area contributed by atoms with Gasteiger partial charge in [-0.2, -0.15) is 31.4 Å². The van der Waals surface area contributed by atoms with Crippen molar-refractivity contribution >= 4 is 28.9 Å². The van der Waals surface area contributed by atoms with E-state index in [1.807, 2.05) is 0 Å². The Balaban J connectivity index is 2.60. The number of anilines is 1. The first kappa shape index (κ1) is 16.8. The largest absolute Gasteiger partial charge is 0.437 e. The fourth-order valence-electron chi connectivity index (χ4n) is 1.67. The highest BCUT2D eigenvalue weighted by Crippen LogP contribution is 2.39. The fraction of sp³-hybridized carbons (Fsp3) is 0.182. The lowest BCUT2D eigenvalue weighted by atomic mass is 10.2. The smallest absolute Gasteiger partial charge is 0.396 e. The molecular weight excluding hydrogens is 359 g/mol. The molecule has 0 unspecified atom stereocenters. The lowest BCUT2D eigenvalue weighted by Gasteiger charge is -2.12. The second-order valence-corrected chi connectivity index (χ2v) is 4.98. The molecule has 0 aliphatic carbocycles. The van der Waals surface area contributed by atoms with Gasteiger partial charge in [-0.15, -0.1) is 0 Å². The van der Waals surface area contributed by atoms with Crippen LogP contribution in [0.5, 0.6) is 0 Å². The van der Waals surface area contributed by atoms with E-state index in [9.17, 15) is 26.3 Å². The summed E-state index contributed by atoms with van der Waals surface area (Å²) in [5, 5.41) is 2.15. The predicted molar refractivity (Wildman–Crippen MR) is 68.0 cm³/mol. The van der Waals surface area contributed by atoms with Crippen LogP contribution in [0.25, 0.3) is 5.69 Å². The van der Waals surface area contributed by atoms with E-state index in [-0.39, 0.29) is 5.69 Å². The number of rotatable bonds is 1. The fourth-order valence-corrected chi connectivity index (χ4v) is 2.33. The Morgan fingerprint density at radius 1 is 0.955 bits per heavy atom. The summed E-state index contributed by atoms with van der Waals surface area (Å²) in [6.45, 7) is 0. The second kappa shape index (κ2) is 5.24. The van der Waals surface area contributed by atoms with E-state index >= 15 is 0 Å². The van der Waals surface area contributed by atoms with E-state index in [0.717, 1.165) is 6.20 Å². The lowest BCUT2D eigenvalue weighted by Crippen LogP contribution is -2.10. The number of hydrogen-bond acceptors (Lipinski definition) is 2. The van der Waals surface area contributed by atoms with Gasteiger partial charge in [0.25, 0.3) is 0 Å². The topological polar surface area (TPSA) is 43.8 Å². The Hall–Kier alpha value is -1.61. The van der Waals surface area contributed by atoms with Crippen molar-refractivity contribution in [3.63, 3.8) is 0 Å². The van der Waals surface area contributed by atoms with Crippen molar-refractivity contribution in [2.75, 3.05) is 5.73 Å². The summed E-state index contributed by atoms with van der Waals surface area (Å²) in [6, 6.07) is 1.07. The van der Waals surface area contributed by atoms with Crippen molar-refractivity contribution in [1.82, 2.24) is 9.78 Å². The predicted octanol–water partition coefficient (Wildman–Crippen LogP) is 4.80. The van der Waals surface area contributed by atoms with Crippen LogP contribution in [-0.2, 0) is 12.4 Å². The summed E-state index contributed by atoms with van der Waals surface area (Å²) < 4.78 is 76.3. The molecule has 0 aliphatic rings. The standard InChI is InChI=1S/C11H5Cl2F6N3/c12-5-1-4(10(14,15)16)2-6(13)8(5)22-3-7(20)9(21-22)11(17,18)19/h1-3H,20H2. The summed E-state index contributed by atoms with van der Waals surface area (Å²) in [4.78, 5) is 0. The molecule has 0 amide bonds. The number of alkyl halides is 6. The number of nitrogens with two attached hydrogens (primary N) is 1. The highest BCUT2D eigenvalue weighted by molar-refractivity contribution is 6.37. The molecule has 0 atom stereocenters. The van der Waals surface area contributed by atoms with E-state index in [1.54, 1.807) is 0 Å². The Morgan fingerprint density at radius 2 is 1.45 bits per heavy atom. The van der Waals surface area contributed by atoms with Crippen molar-refractivity contribution < 1.29 is 26.3 Å². The van der Waals surface area contributed by atoms with Gasteiger partial charge in [-0.05, 0) is 12.1 Å². The van der Waals surface area contributed by atoms with E-state index < -0.39 is 39.3 Å². The average molecular weight is 364 g/mol. The van der Waals surface area contributed by atoms with Gasteiger partial charge in [0, 0.05) is 0 Å². The van der Waals surface area contributed by atoms with Gasteiger partial charge >= 0.3 is 12.4 Å². The van der Waals surface area contributed by atoms with Crippen LogP contribution in [0, 0.1) is 0 Å². The minimum absolute atomic E-state index is 0.335. The molecule has 2 rings (SSSR count). The van der Waals surface area contributed by atoms with E-state index in [2.05, 4.69) is 5.10 Å². The Kier molecular flexibility index (Phi) is 3.99. The summed E-state index contributed by atoms with van der Waals surface area (Å²) in [5.41, 5.74) is 1.63. The summed E-state index contributed by atoms with van der Waals surface area (Å²) in [7, 11) is 0. The molecule has 0 aliphatic heterocycles. The van der Waals surface area contributed by atoms with Gasteiger partial charge in [0.15, 0.2) is 5.69 Å². The third-order valence-electron chi connectivity index (χ3n) is 2.58. The zero-order valence-corrected chi connectivity index (χ0v) is 11.7. The SMILES string of the molecule is Nc1cn(-c2c(Cl)cc(C(F)(F)F)cc2Cl)nc1C(F)(F)F. The molecule has 1 heterocycles. The van der Waals surface area contributed by atoms with Crippen LogP contribution >= 0.6 is 23.2 Å². The number of benzene rings is 1. The third kappa shape index (κ3) is 3.09. The molecule has 1 aromatic carbocycles. The quantitative estimate of drug-likeness (QED) is 0.739. The first-order valence-corrected chi connectivity index (χ1v) is 6.16. The second-order valence-electron chi connectivity index (χ2n) is 4.16. The van der Waals surface area contributed by atoms with Crippen LogP contribution in [-0.4, -0.2) is 9.78 Å². The molecule has 3 nitrogen and oxygen atoms in total. The molecule has 0 radical (unpaired) electrons. The third-order valence-corrected chi connectivity index (χ3v) is 3.16. The first-order chi connectivity index (χ1) is 9.91. The van der Waals surface area contributed by atoms with Crippen molar-refractivity contribution in [1.29, 1.82) is 0 Å². The molecule has 0 bridgehead atoms. The molecule has 2 aromatic rings. The molecule has 2 N–H and O–H groups in total. The van der Waals surface area contributed by atoms with E-state index in [1.165, 1.54) is 0 Å². The van der Waals surface area contributed by atoms with Crippen LogP contribution in [0.1, 0.15) is 11.3 Å². The highest BCUT2D eigenvalue weighted by Gasteiger charge is 2.37. The zero-order chi connectivity index (χ0) is 16.9. The summed E-state index contributed by atoms with van der Waals surface area (Å²) in [5.74, 6) is 0. The molecule has 0 fully saturated rings. The van der Waals surface area contributed by atoms with Crippen molar-refractivity contribution in [2.45, 2.75) is 12.4 Å². The first-order valence-electron chi connectivity index (χ1n) is 5.40. The van der Waals surface area contributed by atoms with Gasteiger partial charge in [-0.25, -0.2) is 4.68 Å². The summed E-state index contributed by atoms with van der Waals surface area (Å²) in [6.07, 6.45) is -8.75. The van der Waals surface area contributed by atoms with Gasteiger partial charge in [-0.3, -0.25) is 0 Å². The van der Waals surface area contributed by atoms with Crippen molar-refractivity contribution in [2.24, 2.45) is 0 Å². The molecule has 0 saturated carbocycles. The number of aromatic nitrogens is 2. The normalized spacial score (nSPS) is 12.7. The molecule has 120 valence electrons. The maximum atomic E-state index is 12.6. The van der Waals surface area contributed by atoms with Crippen LogP contribution in [0.3, 0.4) is 0 Å². The van der Waals surface area contributed by atoms with Gasteiger partial charge in [0.2, 0.25) is 0 Å². The molecule has 11 heteroatoms. The Morgan fingerprint density at radius 3 is 1.82 bits per heavy atom. The molecule has 0 saturated heterocycles. The Labute approximate surface area is 129 Å². The number of nitrogen functional groups attached to an aromatic ring is 1. The van der Waals surface area contributed by atoms with Crippen molar-refractivity contribution in [3.8, 4) is 5.69 Å². The Bertz CT molecular complexity index is 697. The van der Waals surface area contributed by atoms with E-state index in [0.29, 0.717) is 16.8 Å². The minimum Gasteiger partial charge on any atom is -0.396 e. The van der Waals surface area contributed by atoms with Gasteiger partial charge in [0.1, 0.15) is 5.69 Å². The minimum atomic E-state index is -4.82. The maximum Gasteiger partial charge on any atom is 0.437 e. The summed E-state index contributed by atoms with van der Waals surface area (Å²) >= 11 is 11.4. The highest BCUT2D eigenvalue weighted by atomic mass is 35.5. The lowest BCUT2D eigenvalue weighted by molar-refractivity contribution is -0.140. The number of nitrogens with zero attached hydrogens (tertiary/aromatic N) is 2. The maximum absolute atomic E-state index is 12.6. The zero-order valence-electron chi connectivity index (χ0n) is 10.2. The molecule has 22 heavy (non-hydrogen) atoms. The van der Waals surface area contributed by atoms with E-state index in [4.69, 9.17) is 28.9 Å². The van der Waals surface area contributed by atoms with Crippen molar-refractivity contribution in [3.05, 3.63) is 39.6 Å². The monoisotopic (exact) mass is 363 g/mol. The molecule has 0 spiro atoms. The van der Waals surface area contributed by atoms with Gasteiger partial charge in [0.05, 0.1) is 27.5 Å². The average Bonchev–Trinajstić information content (AvgIpc) is 2.68.